The number of hydrogen-bond acceptors (Lipinski definition) is 2. The lowest BCUT2D eigenvalue weighted by Gasteiger charge is -2.31. The van der Waals surface area contributed by atoms with E-state index in [9.17, 15) is 9.90 Å². The highest BCUT2D eigenvalue weighted by Crippen LogP contribution is 2.43. The zero-order valence-corrected chi connectivity index (χ0v) is 14.3. The third kappa shape index (κ3) is 3.78. The summed E-state index contributed by atoms with van der Waals surface area (Å²) in [6.45, 7) is 12.5. The van der Waals surface area contributed by atoms with Gasteiger partial charge in [-0.15, -0.1) is 0 Å². The molecule has 0 saturated carbocycles. The highest BCUT2D eigenvalue weighted by molar-refractivity contribution is 5.70. The Kier molecular flexibility index (Phi) is 5.43. The monoisotopic (exact) mass is 292 g/mol. The highest BCUT2D eigenvalue weighted by Gasteiger charge is 2.32. The molecule has 118 valence electrons. The molecule has 1 aromatic carbocycles. The highest BCUT2D eigenvalue weighted by atomic mass is 16.5. The molecule has 3 heteroatoms. The van der Waals surface area contributed by atoms with Crippen molar-refractivity contribution in [3.63, 3.8) is 0 Å². The number of ether oxygens (including phenoxy) is 1. The van der Waals surface area contributed by atoms with Crippen LogP contribution < -0.4 is 4.74 Å². The van der Waals surface area contributed by atoms with Gasteiger partial charge in [0.25, 0.3) is 0 Å². The number of methoxy groups -OCH3 is 1. The van der Waals surface area contributed by atoms with E-state index < -0.39 is 11.4 Å². The molecule has 0 aliphatic carbocycles. The van der Waals surface area contributed by atoms with E-state index in [0.717, 1.165) is 16.9 Å². The van der Waals surface area contributed by atoms with E-state index >= 15 is 0 Å². The van der Waals surface area contributed by atoms with E-state index in [2.05, 4.69) is 39.8 Å². The van der Waals surface area contributed by atoms with Gasteiger partial charge in [0.15, 0.2) is 0 Å². The molecule has 1 N–H and O–H groups in total. The summed E-state index contributed by atoms with van der Waals surface area (Å²) in [6.07, 6.45) is 0.0879. The van der Waals surface area contributed by atoms with Gasteiger partial charge in [0.1, 0.15) is 5.75 Å². The summed E-state index contributed by atoms with van der Waals surface area (Å²) in [4.78, 5) is 11.2. The predicted molar refractivity (Wildman–Crippen MR) is 86.5 cm³/mol. The number of carboxylic acid groups (broad SMARTS) is 1. The maximum atomic E-state index is 11.2. The number of aliphatic carboxylic acids is 1. The summed E-state index contributed by atoms with van der Waals surface area (Å²) in [5.41, 5.74) is 2.87. The van der Waals surface area contributed by atoms with Gasteiger partial charge in [-0.3, -0.25) is 4.79 Å². The Morgan fingerprint density at radius 3 is 2.00 bits per heavy atom. The smallest absolute Gasteiger partial charge is 0.304 e. The van der Waals surface area contributed by atoms with Crippen molar-refractivity contribution >= 4 is 5.97 Å². The summed E-state index contributed by atoms with van der Waals surface area (Å²) >= 11 is 0. The van der Waals surface area contributed by atoms with Crippen LogP contribution in [0, 0.1) is 0 Å². The second kappa shape index (κ2) is 6.50. The Bertz CT molecular complexity index is 513. The zero-order chi connectivity index (χ0) is 16.4. The van der Waals surface area contributed by atoms with Gasteiger partial charge in [-0.05, 0) is 23.0 Å². The van der Waals surface area contributed by atoms with Gasteiger partial charge in [-0.2, -0.15) is 0 Å². The number of rotatable bonds is 6. The van der Waals surface area contributed by atoms with Gasteiger partial charge in [-0.1, -0.05) is 53.7 Å². The van der Waals surface area contributed by atoms with Crippen LogP contribution in [0.25, 0.3) is 0 Å². The van der Waals surface area contributed by atoms with Gasteiger partial charge in [0.2, 0.25) is 0 Å². The summed E-state index contributed by atoms with van der Waals surface area (Å²) < 4.78 is 5.70. The minimum absolute atomic E-state index is 0.0879. The summed E-state index contributed by atoms with van der Waals surface area (Å²) in [6, 6.07) is 4.24. The van der Waals surface area contributed by atoms with Gasteiger partial charge < -0.3 is 9.84 Å². The first-order valence-electron chi connectivity index (χ1n) is 7.54. The summed E-state index contributed by atoms with van der Waals surface area (Å²) in [7, 11) is 1.67. The third-order valence-corrected chi connectivity index (χ3v) is 3.94. The molecule has 0 saturated heterocycles. The van der Waals surface area contributed by atoms with Crippen LogP contribution in [-0.4, -0.2) is 18.2 Å². The number of carboxylic acids is 1. The normalized spacial score (nSPS) is 12.0. The molecule has 0 unspecified atom stereocenters. The largest absolute Gasteiger partial charge is 0.496 e. The second-order valence-electron chi connectivity index (χ2n) is 6.92. The SMILES string of the molecule is COc1c(C(C)C)ccc(C(C)C)c1C(C)(C)CC(=O)O. The minimum Gasteiger partial charge on any atom is -0.496 e. The van der Waals surface area contributed by atoms with Gasteiger partial charge in [0.05, 0.1) is 13.5 Å². The molecule has 0 radical (unpaired) electrons. The van der Waals surface area contributed by atoms with E-state index in [1.807, 2.05) is 13.8 Å². The van der Waals surface area contributed by atoms with E-state index in [0.29, 0.717) is 11.8 Å². The fourth-order valence-electron chi connectivity index (χ4n) is 2.93. The molecule has 0 fully saturated rings. The van der Waals surface area contributed by atoms with Crippen molar-refractivity contribution in [2.75, 3.05) is 7.11 Å². The molecule has 1 aromatic rings. The molecular weight excluding hydrogens is 264 g/mol. The quantitative estimate of drug-likeness (QED) is 0.827. The molecule has 0 aromatic heterocycles. The number of hydrogen-bond donors (Lipinski definition) is 1. The Morgan fingerprint density at radius 1 is 1.14 bits per heavy atom. The first-order valence-corrected chi connectivity index (χ1v) is 7.54. The molecule has 3 nitrogen and oxygen atoms in total. The van der Waals surface area contributed by atoms with Crippen LogP contribution in [0.2, 0.25) is 0 Å². The van der Waals surface area contributed by atoms with E-state index in [4.69, 9.17) is 4.74 Å². The molecule has 1 rings (SSSR count). The predicted octanol–water partition coefficient (Wildman–Crippen LogP) is 4.69. The van der Waals surface area contributed by atoms with Crippen molar-refractivity contribution in [2.24, 2.45) is 0 Å². The Hall–Kier alpha value is -1.51. The van der Waals surface area contributed by atoms with Crippen LogP contribution >= 0.6 is 0 Å². The molecule has 0 spiro atoms. The van der Waals surface area contributed by atoms with E-state index in [1.165, 1.54) is 5.56 Å². The molecule has 21 heavy (non-hydrogen) atoms. The molecule has 0 bridgehead atoms. The first kappa shape index (κ1) is 17.5. The summed E-state index contributed by atoms with van der Waals surface area (Å²) in [5.74, 6) is 0.720. The van der Waals surface area contributed by atoms with Gasteiger partial charge in [0, 0.05) is 11.0 Å². The Morgan fingerprint density at radius 2 is 1.62 bits per heavy atom. The average molecular weight is 292 g/mol. The molecule has 0 amide bonds. The van der Waals surface area contributed by atoms with Gasteiger partial charge >= 0.3 is 5.97 Å². The van der Waals surface area contributed by atoms with Crippen LogP contribution in [0.15, 0.2) is 12.1 Å². The van der Waals surface area contributed by atoms with Crippen LogP contribution in [0.1, 0.15) is 76.5 Å². The molecular formula is C18H28O3. The van der Waals surface area contributed by atoms with Crippen molar-refractivity contribution in [1.82, 2.24) is 0 Å². The lowest BCUT2D eigenvalue weighted by atomic mass is 9.74. The van der Waals surface area contributed by atoms with Crippen molar-refractivity contribution in [2.45, 2.75) is 65.2 Å². The lowest BCUT2D eigenvalue weighted by Crippen LogP contribution is -2.25. The van der Waals surface area contributed by atoms with Crippen LogP contribution in [0.5, 0.6) is 5.75 Å². The van der Waals surface area contributed by atoms with Crippen LogP contribution in [0.3, 0.4) is 0 Å². The third-order valence-electron chi connectivity index (χ3n) is 3.94. The Labute approximate surface area is 128 Å². The molecule has 0 heterocycles. The van der Waals surface area contributed by atoms with Gasteiger partial charge in [-0.25, -0.2) is 0 Å². The molecule has 0 atom stereocenters. The van der Waals surface area contributed by atoms with E-state index in [1.54, 1.807) is 7.11 Å². The van der Waals surface area contributed by atoms with Crippen molar-refractivity contribution < 1.29 is 14.6 Å². The maximum absolute atomic E-state index is 11.2. The fraction of sp³-hybridized carbons (Fsp3) is 0.611. The van der Waals surface area contributed by atoms with Crippen molar-refractivity contribution in [3.05, 3.63) is 28.8 Å². The standard InChI is InChI=1S/C18H28O3/c1-11(2)13-8-9-14(12(3)4)17(21-7)16(13)18(5,6)10-15(19)20/h8-9,11-12H,10H2,1-7H3,(H,19,20). The van der Waals surface area contributed by atoms with E-state index in [-0.39, 0.29) is 6.42 Å². The lowest BCUT2D eigenvalue weighted by molar-refractivity contribution is -0.138. The first-order chi connectivity index (χ1) is 9.61. The zero-order valence-electron chi connectivity index (χ0n) is 14.3. The molecule has 0 aliphatic rings. The van der Waals surface area contributed by atoms with Crippen molar-refractivity contribution in [1.29, 1.82) is 0 Å². The fourth-order valence-corrected chi connectivity index (χ4v) is 2.93. The Balaban J connectivity index is 3.64. The van der Waals surface area contributed by atoms with Crippen LogP contribution in [0.4, 0.5) is 0 Å². The summed E-state index contributed by atoms with van der Waals surface area (Å²) in [5, 5.41) is 9.24. The topological polar surface area (TPSA) is 46.5 Å². The second-order valence-corrected chi connectivity index (χ2v) is 6.92. The minimum atomic E-state index is -0.785. The van der Waals surface area contributed by atoms with Crippen molar-refractivity contribution in [3.8, 4) is 5.75 Å². The maximum Gasteiger partial charge on any atom is 0.304 e. The number of carbonyl (C=O) groups is 1. The average Bonchev–Trinajstić information content (AvgIpc) is 2.34. The molecule has 0 aliphatic heterocycles. The number of benzene rings is 1. The van der Waals surface area contributed by atoms with Crippen LogP contribution in [-0.2, 0) is 10.2 Å².